The second kappa shape index (κ2) is 12.6. The number of ether oxygens (including phenoxy) is 1. The van der Waals surface area contributed by atoms with Crippen LogP contribution in [0.25, 0.3) is 11.1 Å². The van der Waals surface area contributed by atoms with E-state index in [0.717, 1.165) is 25.7 Å². The number of hydrogen-bond acceptors (Lipinski definition) is 4. The fraction of sp³-hybridized carbons (Fsp3) is 0.370. The SMILES string of the molecule is C/C(=C\CNC(=O)CCCCCCNC(=O)OCC1c2ccccc2-c2ccccc21)C(=O)O. The van der Waals surface area contributed by atoms with Crippen LogP contribution >= 0.6 is 0 Å². The lowest BCUT2D eigenvalue weighted by atomic mass is 9.98. The molecule has 3 N–H and O–H groups in total. The van der Waals surface area contributed by atoms with Crippen LogP contribution in [0.2, 0.25) is 0 Å². The quantitative estimate of drug-likeness (QED) is 0.314. The molecule has 0 radical (unpaired) electrons. The zero-order chi connectivity index (χ0) is 24.3. The molecule has 2 aromatic rings. The molecule has 7 nitrogen and oxygen atoms in total. The van der Waals surface area contributed by atoms with E-state index < -0.39 is 12.1 Å². The first-order valence-corrected chi connectivity index (χ1v) is 11.7. The number of carbonyl (C=O) groups is 3. The highest BCUT2D eigenvalue weighted by Gasteiger charge is 2.28. The molecule has 34 heavy (non-hydrogen) atoms. The summed E-state index contributed by atoms with van der Waals surface area (Å²) in [6.45, 7) is 2.55. The molecule has 0 atom stereocenters. The predicted octanol–water partition coefficient (Wildman–Crippen LogP) is 4.62. The van der Waals surface area contributed by atoms with Crippen LogP contribution in [0.3, 0.4) is 0 Å². The zero-order valence-corrected chi connectivity index (χ0v) is 19.5. The number of fused-ring (bicyclic) bond motifs is 3. The highest BCUT2D eigenvalue weighted by Crippen LogP contribution is 2.44. The van der Waals surface area contributed by atoms with Crippen LogP contribution in [0.1, 0.15) is 56.1 Å². The van der Waals surface area contributed by atoms with Crippen molar-refractivity contribution in [3.05, 3.63) is 71.3 Å². The first-order valence-electron chi connectivity index (χ1n) is 11.7. The Hall–Kier alpha value is -3.61. The summed E-state index contributed by atoms with van der Waals surface area (Å²) in [5.41, 5.74) is 4.99. The standard InChI is InChI=1S/C27H32N2O5/c1-19(26(31)32)15-17-28-25(30)14-4-2-3-9-16-29-27(33)34-18-24-22-12-7-5-10-20(22)21-11-6-8-13-23(21)24/h5-8,10-13,15,24H,2-4,9,14,16-18H2,1H3,(H,28,30)(H,29,33)(H,31,32)/b19-15+. The summed E-state index contributed by atoms with van der Waals surface area (Å²) in [5, 5.41) is 14.3. The number of carboxylic acids is 1. The third kappa shape index (κ3) is 6.94. The van der Waals surface area contributed by atoms with Crippen molar-refractivity contribution in [1.29, 1.82) is 0 Å². The molecule has 0 unspecified atom stereocenters. The first kappa shape index (κ1) is 25.0. The third-order valence-corrected chi connectivity index (χ3v) is 5.99. The molecule has 0 bridgehead atoms. The van der Waals surface area contributed by atoms with Crippen LogP contribution in [-0.4, -0.2) is 42.8 Å². The second-order valence-corrected chi connectivity index (χ2v) is 8.41. The van der Waals surface area contributed by atoms with Gasteiger partial charge in [0.25, 0.3) is 0 Å². The lowest BCUT2D eigenvalue weighted by Gasteiger charge is -2.14. The summed E-state index contributed by atoms with van der Waals surface area (Å²) >= 11 is 0. The Morgan fingerprint density at radius 1 is 0.912 bits per heavy atom. The van der Waals surface area contributed by atoms with Crippen LogP contribution in [0.15, 0.2) is 60.2 Å². The van der Waals surface area contributed by atoms with Gasteiger partial charge in [0.1, 0.15) is 6.61 Å². The minimum Gasteiger partial charge on any atom is -0.478 e. The van der Waals surface area contributed by atoms with Crippen LogP contribution in [-0.2, 0) is 14.3 Å². The minimum atomic E-state index is -0.985. The Bertz CT molecular complexity index is 1000. The van der Waals surface area contributed by atoms with Gasteiger partial charge in [-0.25, -0.2) is 9.59 Å². The van der Waals surface area contributed by atoms with Crippen LogP contribution in [0.4, 0.5) is 4.79 Å². The van der Waals surface area contributed by atoms with E-state index in [9.17, 15) is 14.4 Å². The second-order valence-electron chi connectivity index (χ2n) is 8.41. The van der Waals surface area contributed by atoms with Crippen molar-refractivity contribution in [2.75, 3.05) is 19.7 Å². The molecule has 0 heterocycles. The van der Waals surface area contributed by atoms with Gasteiger partial charge < -0.3 is 20.5 Å². The fourth-order valence-corrected chi connectivity index (χ4v) is 4.10. The third-order valence-electron chi connectivity index (χ3n) is 5.99. The lowest BCUT2D eigenvalue weighted by Crippen LogP contribution is -2.27. The number of nitrogens with one attached hydrogen (secondary N) is 2. The van der Waals surface area contributed by atoms with Crippen LogP contribution in [0.5, 0.6) is 0 Å². The fourth-order valence-electron chi connectivity index (χ4n) is 4.10. The van der Waals surface area contributed by atoms with E-state index in [4.69, 9.17) is 9.84 Å². The molecule has 0 saturated heterocycles. The van der Waals surface area contributed by atoms with Crippen LogP contribution in [0, 0.1) is 0 Å². The predicted molar refractivity (Wildman–Crippen MR) is 131 cm³/mol. The monoisotopic (exact) mass is 464 g/mol. The van der Waals surface area contributed by atoms with E-state index in [1.165, 1.54) is 35.3 Å². The molecule has 0 aliphatic heterocycles. The van der Waals surface area contributed by atoms with Crippen LogP contribution < -0.4 is 10.6 Å². The maximum Gasteiger partial charge on any atom is 0.407 e. The number of unbranched alkanes of at least 4 members (excludes halogenated alkanes) is 3. The summed E-state index contributed by atoms with van der Waals surface area (Å²) in [4.78, 5) is 34.6. The number of benzene rings is 2. The summed E-state index contributed by atoms with van der Waals surface area (Å²) in [6.07, 6.45) is 4.81. The molecule has 0 aromatic heterocycles. The molecule has 1 aliphatic carbocycles. The minimum absolute atomic E-state index is 0.0489. The number of aliphatic carboxylic acids is 1. The van der Waals surface area contributed by atoms with Crippen molar-refractivity contribution < 1.29 is 24.2 Å². The molecule has 0 spiro atoms. The van der Waals surface area contributed by atoms with Gasteiger partial charge in [-0.05, 0) is 42.0 Å². The van der Waals surface area contributed by atoms with Gasteiger partial charge in [0.05, 0.1) is 0 Å². The van der Waals surface area contributed by atoms with E-state index in [1.807, 2.05) is 24.3 Å². The van der Waals surface area contributed by atoms with Crippen molar-refractivity contribution in [2.45, 2.75) is 44.9 Å². The number of rotatable bonds is 12. The van der Waals surface area contributed by atoms with Gasteiger partial charge in [-0.2, -0.15) is 0 Å². The normalized spacial score (nSPS) is 12.6. The van der Waals surface area contributed by atoms with Gasteiger partial charge in [-0.3, -0.25) is 4.79 Å². The molecular formula is C27H32N2O5. The van der Waals surface area contributed by atoms with Crippen molar-refractivity contribution in [2.24, 2.45) is 0 Å². The molecule has 1 aliphatic rings. The van der Waals surface area contributed by atoms with E-state index in [1.54, 1.807) is 0 Å². The zero-order valence-electron chi connectivity index (χ0n) is 19.5. The van der Waals surface area contributed by atoms with E-state index in [2.05, 4.69) is 34.9 Å². The van der Waals surface area contributed by atoms with Gasteiger partial charge in [0, 0.05) is 31.0 Å². The first-order chi connectivity index (χ1) is 16.5. The highest BCUT2D eigenvalue weighted by molar-refractivity contribution is 5.86. The Balaban J connectivity index is 1.27. The Morgan fingerprint density at radius 3 is 2.18 bits per heavy atom. The smallest absolute Gasteiger partial charge is 0.407 e. The Labute approximate surface area is 200 Å². The number of carbonyl (C=O) groups excluding carboxylic acids is 2. The van der Waals surface area contributed by atoms with Gasteiger partial charge in [-0.15, -0.1) is 0 Å². The molecular weight excluding hydrogens is 432 g/mol. The topological polar surface area (TPSA) is 105 Å². The Morgan fingerprint density at radius 2 is 1.53 bits per heavy atom. The molecule has 3 rings (SSSR count). The molecule has 2 amide bonds. The van der Waals surface area contributed by atoms with Crippen molar-refractivity contribution in [1.82, 2.24) is 10.6 Å². The molecule has 0 saturated carbocycles. The number of hydrogen-bond donors (Lipinski definition) is 3. The molecule has 180 valence electrons. The average molecular weight is 465 g/mol. The van der Waals surface area contributed by atoms with Crippen molar-refractivity contribution in [3.8, 4) is 11.1 Å². The summed E-state index contributed by atoms with van der Waals surface area (Å²) in [7, 11) is 0. The molecule has 7 heteroatoms. The van der Waals surface area contributed by atoms with Gasteiger partial charge in [0.15, 0.2) is 0 Å². The largest absolute Gasteiger partial charge is 0.478 e. The molecule has 0 fully saturated rings. The van der Waals surface area contributed by atoms with Crippen molar-refractivity contribution >= 4 is 18.0 Å². The summed E-state index contributed by atoms with van der Waals surface area (Å²) < 4.78 is 5.52. The van der Waals surface area contributed by atoms with E-state index in [-0.39, 0.29) is 23.9 Å². The number of alkyl carbamates (subject to hydrolysis) is 1. The van der Waals surface area contributed by atoms with Crippen molar-refractivity contribution in [3.63, 3.8) is 0 Å². The average Bonchev–Trinajstić information content (AvgIpc) is 3.15. The van der Waals surface area contributed by atoms with Gasteiger partial charge >= 0.3 is 12.1 Å². The maximum absolute atomic E-state index is 12.2. The molecule has 2 aromatic carbocycles. The van der Waals surface area contributed by atoms with Gasteiger partial charge in [-0.1, -0.05) is 67.4 Å². The highest BCUT2D eigenvalue weighted by atomic mass is 16.5. The van der Waals surface area contributed by atoms with Gasteiger partial charge in [0.2, 0.25) is 5.91 Å². The number of carboxylic acid groups (broad SMARTS) is 1. The summed E-state index contributed by atoms with van der Waals surface area (Å²) in [5.74, 6) is -1.03. The van der Waals surface area contributed by atoms with E-state index >= 15 is 0 Å². The maximum atomic E-state index is 12.2. The lowest BCUT2D eigenvalue weighted by molar-refractivity contribution is -0.132. The number of amides is 2. The Kier molecular flexibility index (Phi) is 9.26. The summed E-state index contributed by atoms with van der Waals surface area (Å²) in [6, 6.07) is 16.5. The van der Waals surface area contributed by atoms with E-state index in [0.29, 0.717) is 19.6 Å².